The number of benzene rings is 1. The van der Waals surface area contributed by atoms with Crippen molar-refractivity contribution in [3.05, 3.63) is 54.6 Å². The van der Waals surface area contributed by atoms with Crippen molar-refractivity contribution in [3.63, 3.8) is 0 Å². The summed E-state index contributed by atoms with van der Waals surface area (Å²) in [5.74, 6) is 0.145. The molecule has 1 saturated carbocycles. The number of carbonyl (C=O) groups is 2. The number of hydrogen-bond acceptors (Lipinski definition) is 2. The van der Waals surface area contributed by atoms with Crippen LogP contribution in [-0.2, 0) is 15.0 Å². The molecule has 2 fully saturated rings. The molecule has 1 saturated heterocycles. The Labute approximate surface area is 141 Å². The second-order valence-corrected chi connectivity index (χ2v) is 7.55. The second kappa shape index (κ2) is 4.18. The molecule has 0 radical (unpaired) electrons. The fourth-order valence-corrected chi connectivity index (χ4v) is 5.90. The second-order valence-electron chi connectivity index (χ2n) is 7.55. The molecule has 0 unspecified atom stereocenters. The van der Waals surface area contributed by atoms with E-state index >= 15 is 0 Å². The van der Waals surface area contributed by atoms with Crippen molar-refractivity contribution in [2.75, 3.05) is 18.5 Å². The van der Waals surface area contributed by atoms with Gasteiger partial charge in [-0.1, -0.05) is 30.4 Å². The maximum atomic E-state index is 13.2. The Hall–Kier alpha value is -2.36. The Morgan fingerprint density at radius 1 is 1.29 bits per heavy atom. The molecule has 3 heterocycles. The van der Waals surface area contributed by atoms with Gasteiger partial charge in [-0.15, -0.1) is 6.58 Å². The highest BCUT2D eigenvalue weighted by Crippen LogP contribution is 2.66. The van der Waals surface area contributed by atoms with Gasteiger partial charge in [0.2, 0.25) is 11.8 Å². The van der Waals surface area contributed by atoms with Crippen molar-refractivity contribution in [3.8, 4) is 0 Å². The molecule has 0 bridgehead atoms. The number of rotatable bonds is 1. The molecule has 0 aromatic heterocycles. The standard InChI is InChI=1S/C20H20N2O2/c1-3-19-9-8-16(23)22-11-10-20(18(19)22)13-6-4-5-7-15(13)21(2)17(24)14(20)12-19/h3-9,14,18H,1,10-12H2,2H3/t14-,18-,19-,20-/m0/s1. The minimum absolute atomic E-state index is 0.00352. The van der Waals surface area contributed by atoms with Crippen LogP contribution in [0.3, 0.4) is 0 Å². The van der Waals surface area contributed by atoms with E-state index in [0.717, 1.165) is 18.5 Å². The smallest absolute Gasteiger partial charge is 0.246 e. The van der Waals surface area contributed by atoms with Crippen molar-refractivity contribution >= 4 is 17.5 Å². The highest BCUT2D eigenvalue weighted by molar-refractivity contribution is 6.01. The molecule has 5 rings (SSSR count). The number of nitrogens with zero attached hydrogens (tertiary/aromatic N) is 2. The average molecular weight is 320 g/mol. The first-order chi connectivity index (χ1) is 11.5. The first-order valence-corrected chi connectivity index (χ1v) is 8.56. The predicted molar refractivity (Wildman–Crippen MR) is 91.5 cm³/mol. The lowest BCUT2D eigenvalue weighted by Gasteiger charge is -2.46. The number of carbonyl (C=O) groups excluding carboxylic acids is 2. The predicted octanol–water partition coefficient (Wildman–Crippen LogP) is 2.26. The molecule has 1 spiro atoms. The minimum Gasteiger partial charge on any atom is -0.334 e. The molecule has 1 aliphatic carbocycles. The fraction of sp³-hybridized carbons (Fsp3) is 0.400. The summed E-state index contributed by atoms with van der Waals surface area (Å²) in [5.41, 5.74) is 1.62. The Morgan fingerprint density at radius 3 is 2.88 bits per heavy atom. The molecular formula is C20H20N2O2. The van der Waals surface area contributed by atoms with Gasteiger partial charge in [-0.05, 0) is 24.5 Å². The van der Waals surface area contributed by atoms with Gasteiger partial charge in [-0.2, -0.15) is 0 Å². The van der Waals surface area contributed by atoms with E-state index in [0.29, 0.717) is 6.54 Å². The largest absolute Gasteiger partial charge is 0.334 e. The van der Waals surface area contributed by atoms with Crippen LogP contribution in [0.4, 0.5) is 5.69 Å². The molecule has 0 N–H and O–H groups in total. The summed E-state index contributed by atoms with van der Waals surface area (Å²) in [6.07, 6.45) is 7.23. The molecular weight excluding hydrogens is 300 g/mol. The van der Waals surface area contributed by atoms with Crippen molar-refractivity contribution in [1.82, 2.24) is 4.90 Å². The molecule has 24 heavy (non-hydrogen) atoms. The van der Waals surface area contributed by atoms with Crippen molar-refractivity contribution < 1.29 is 9.59 Å². The van der Waals surface area contributed by atoms with Crippen LogP contribution in [0.1, 0.15) is 18.4 Å². The van der Waals surface area contributed by atoms with Gasteiger partial charge in [0.1, 0.15) is 0 Å². The third kappa shape index (κ3) is 1.29. The van der Waals surface area contributed by atoms with Crippen LogP contribution >= 0.6 is 0 Å². The normalized spacial score (nSPS) is 38.9. The quantitative estimate of drug-likeness (QED) is 0.745. The summed E-state index contributed by atoms with van der Waals surface area (Å²) in [5, 5.41) is 0. The van der Waals surface area contributed by atoms with E-state index in [1.54, 1.807) is 11.0 Å². The molecule has 1 aromatic carbocycles. The van der Waals surface area contributed by atoms with E-state index in [2.05, 4.69) is 12.6 Å². The van der Waals surface area contributed by atoms with Gasteiger partial charge in [-0.3, -0.25) is 9.59 Å². The van der Waals surface area contributed by atoms with E-state index in [1.807, 2.05) is 42.3 Å². The highest BCUT2D eigenvalue weighted by atomic mass is 16.2. The topological polar surface area (TPSA) is 40.6 Å². The van der Waals surface area contributed by atoms with Crippen LogP contribution in [0.15, 0.2) is 49.1 Å². The number of fused-ring (bicyclic) bond motifs is 1. The van der Waals surface area contributed by atoms with Gasteiger partial charge in [0.15, 0.2) is 0 Å². The Kier molecular flexibility index (Phi) is 2.44. The fourth-order valence-electron chi connectivity index (χ4n) is 5.90. The molecule has 3 aliphatic heterocycles. The van der Waals surface area contributed by atoms with Crippen LogP contribution in [0, 0.1) is 11.3 Å². The monoisotopic (exact) mass is 320 g/mol. The van der Waals surface area contributed by atoms with Crippen LogP contribution < -0.4 is 4.90 Å². The Morgan fingerprint density at radius 2 is 2.08 bits per heavy atom. The zero-order valence-corrected chi connectivity index (χ0v) is 13.7. The first kappa shape index (κ1) is 14.0. The summed E-state index contributed by atoms with van der Waals surface area (Å²) in [4.78, 5) is 29.5. The minimum atomic E-state index is -0.303. The van der Waals surface area contributed by atoms with Gasteiger partial charge >= 0.3 is 0 Å². The van der Waals surface area contributed by atoms with Crippen LogP contribution in [0.5, 0.6) is 0 Å². The van der Waals surface area contributed by atoms with Crippen LogP contribution in [0.25, 0.3) is 0 Å². The molecule has 4 nitrogen and oxygen atoms in total. The third-order valence-electron chi connectivity index (χ3n) is 6.85. The van der Waals surface area contributed by atoms with Gasteiger partial charge < -0.3 is 9.80 Å². The zero-order chi connectivity index (χ0) is 16.7. The average Bonchev–Trinajstić information content (AvgIpc) is 3.15. The number of anilines is 1. The summed E-state index contributed by atoms with van der Waals surface area (Å²) in [7, 11) is 1.87. The van der Waals surface area contributed by atoms with E-state index < -0.39 is 0 Å². The number of amides is 2. The highest BCUT2D eigenvalue weighted by Gasteiger charge is 2.71. The molecule has 1 aromatic rings. The van der Waals surface area contributed by atoms with Gasteiger partial charge in [0.05, 0.1) is 12.0 Å². The van der Waals surface area contributed by atoms with E-state index in [1.165, 1.54) is 5.56 Å². The zero-order valence-electron chi connectivity index (χ0n) is 13.7. The first-order valence-electron chi connectivity index (χ1n) is 8.56. The van der Waals surface area contributed by atoms with Crippen molar-refractivity contribution in [2.24, 2.45) is 11.3 Å². The van der Waals surface area contributed by atoms with Gasteiger partial charge in [0, 0.05) is 36.2 Å². The molecule has 4 heteroatoms. The van der Waals surface area contributed by atoms with E-state index in [9.17, 15) is 9.59 Å². The summed E-state index contributed by atoms with van der Waals surface area (Å²) < 4.78 is 0. The molecule has 122 valence electrons. The molecule has 2 amide bonds. The lowest BCUT2D eigenvalue weighted by Crippen LogP contribution is -2.55. The maximum Gasteiger partial charge on any atom is 0.246 e. The number of para-hydroxylation sites is 1. The van der Waals surface area contributed by atoms with Crippen LogP contribution in [-0.4, -0.2) is 36.3 Å². The lowest BCUT2D eigenvalue weighted by molar-refractivity contribution is -0.130. The maximum absolute atomic E-state index is 13.2. The lowest BCUT2D eigenvalue weighted by atomic mass is 9.65. The third-order valence-corrected chi connectivity index (χ3v) is 6.85. The summed E-state index contributed by atoms with van der Waals surface area (Å²) >= 11 is 0. The molecule has 4 atom stereocenters. The summed E-state index contributed by atoms with van der Waals surface area (Å²) in [6, 6.07) is 8.20. The van der Waals surface area contributed by atoms with Crippen LogP contribution in [0.2, 0.25) is 0 Å². The Balaban J connectivity index is 1.84. The van der Waals surface area contributed by atoms with Crippen molar-refractivity contribution in [1.29, 1.82) is 0 Å². The molecule has 4 aliphatic rings. The van der Waals surface area contributed by atoms with Gasteiger partial charge in [-0.25, -0.2) is 0 Å². The SMILES string of the molecule is C=C[C@]12C=CC(=O)N3CC[C@@]4(c5ccccc5N(C)C(=O)[C@@H]4C1)[C@@H]32. The Bertz CT molecular complexity index is 829. The van der Waals surface area contributed by atoms with E-state index in [4.69, 9.17) is 0 Å². The summed E-state index contributed by atoms with van der Waals surface area (Å²) in [6.45, 7) is 4.79. The van der Waals surface area contributed by atoms with Gasteiger partial charge in [0.25, 0.3) is 0 Å². The van der Waals surface area contributed by atoms with Crippen molar-refractivity contribution in [2.45, 2.75) is 24.3 Å². The van der Waals surface area contributed by atoms with E-state index in [-0.39, 0.29) is 34.6 Å². The number of hydrogen-bond donors (Lipinski definition) is 0.